The zero-order chi connectivity index (χ0) is 19.8. The third kappa shape index (κ3) is 4.20. The Bertz CT molecular complexity index is 846. The molecule has 0 radical (unpaired) electrons. The van der Waals surface area contributed by atoms with Crippen molar-refractivity contribution in [1.29, 1.82) is 0 Å². The zero-order valence-electron chi connectivity index (χ0n) is 15.9. The summed E-state index contributed by atoms with van der Waals surface area (Å²) in [7, 11) is -2.14. The molecule has 0 unspecified atom stereocenters. The number of anilines is 1. The molecule has 0 spiro atoms. The lowest BCUT2D eigenvalue weighted by atomic mass is 9.88. The molecule has 0 saturated carbocycles. The summed E-state index contributed by atoms with van der Waals surface area (Å²) in [6.07, 6.45) is 5.80. The van der Waals surface area contributed by atoms with Crippen molar-refractivity contribution in [3.05, 3.63) is 16.0 Å². The van der Waals surface area contributed by atoms with E-state index in [4.69, 9.17) is 4.74 Å². The maximum atomic E-state index is 12.9. The Balaban J connectivity index is 1.90. The molecule has 0 aromatic carbocycles. The van der Waals surface area contributed by atoms with Crippen LogP contribution in [-0.4, -0.2) is 50.6 Å². The Hall–Kier alpha value is -1.45. The van der Waals surface area contributed by atoms with Crippen LogP contribution in [0.5, 0.6) is 0 Å². The van der Waals surface area contributed by atoms with Crippen molar-refractivity contribution >= 4 is 38.2 Å². The van der Waals surface area contributed by atoms with E-state index < -0.39 is 22.0 Å². The van der Waals surface area contributed by atoms with Crippen LogP contribution in [0.4, 0.5) is 5.00 Å². The fraction of sp³-hybridized carbons (Fsp3) is 0.667. The van der Waals surface area contributed by atoms with Gasteiger partial charge >= 0.3 is 5.97 Å². The summed E-state index contributed by atoms with van der Waals surface area (Å²) < 4.78 is 30.3. The summed E-state index contributed by atoms with van der Waals surface area (Å²) in [6, 6.07) is -0.739. The van der Waals surface area contributed by atoms with Crippen molar-refractivity contribution in [3.63, 3.8) is 0 Å². The highest BCUT2D eigenvalue weighted by atomic mass is 32.2. The van der Waals surface area contributed by atoms with Crippen LogP contribution in [0.15, 0.2) is 0 Å². The minimum Gasteiger partial charge on any atom is -0.465 e. The zero-order valence-corrected chi connectivity index (χ0v) is 17.5. The number of nitrogens with zero attached hydrogens (tertiary/aromatic N) is 1. The molecule has 3 rings (SSSR count). The van der Waals surface area contributed by atoms with E-state index in [2.05, 4.69) is 12.2 Å². The number of methoxy groups -OCH3 is 1. The number of amides is 1. The molecule has 1 aromatic rings. The topological polar surface area (TPSA) is 92.8 Å². The second-order valence-corrected chi connectivity index (χ2v) is 10.5. The lowest BCUT2D eigenvalue weighted by Crippen LogP contribution is -2.49. The molecule has 1 fully saturated rings. The molecule has 1 amide bonds. The molecular weight excluding hydrogens is 388 g/mol. The number of rotatable bonds is 4. The molecule has 27 heavy (non-hydrogen) atoms. The minimum absolute atomic E-state index is 0.346. The summed E-state index contributed by atoms with van der Waals surface area (Å²) in [6.45, 7) is 2.52. The van der Waals surface area contributed by atoms with E-state index in [9.17, 15) is 18.0 Å². The van der Waals surface area contributed by atoms with Gasteiger partial charge in [0.15, 0.2) is 0 Å². The van der Waals surface area contributed by atoms with Crippen molar-refractivity contribution < 1.29 is 22.7 Å². The van der Waals surface area contributed by atoms with Crippen LogP contribution in [0.1, 0.15) is 53.4 Å². The maximum Gasteiger partial charge on any atom is 0.341 e. The number of carbonyl (C=O) groups is 2. The smallest absolute Gasteiger partial charge is 0.341 e. The number of sulfonamides is 1. The molecule has 9 heteroatoms. The van der Waals surface area contributed by atoms with E-state index in [-0.39, 0.29) is 5.91 Å². The Labute approximate surface area is 164 Å². The number of carbonyl (C=O) groups excluding carboxylic acids is 2. The normalized spacial score (nSPS) is 23.5. The number of ether oxygens (including phenoxy) is 1. The van der Waals surface area contributed by atoms with Crippen molar-refractivity contribution in [1.82, 2.24) is 4.31 Å². The summed E-state index contributed by atoms with van der Waals surface area (Å²) >= 11 is 1.41. The number of nitrogens with one attached hydrogen (secondary N) is 1. The lowest BCUT2D eigenvalue weighted by molar-refractivity contribution is -0.120. The first-order valence-corrected chi connectivity index (χ1v) is 11.9. The van der Waals surface area contributed by atoms with Gasteiger partial charge in [-0.15, -0.1) is 11.3 Å². The molecule has 0 bridgehead atoms. The quantitative estimate of drug-likeness (QED) is 0.764. The lowest BCUT2D eigenvalue weighted by Gasteiger charge is -2.32. The van der Waals surface area contributed by atoms with Crippen molar-refractivity contribution in [3.8, 4) is 0 Å². The predicted molar refractivity (Wildman–Crippen MR) is 105 cm³/mol. The molecule has 2 heterocycles. The number of fused-ring (bicyclic) bond motifs is 1. The molecule has 150 valence electrons. The third-order valence-electron chi connectivity index (χ3n) is 5.32. The first kappa shape index (κ1) is 20.3. The first-order valence-electron chi connectivity index (χ1n) is 9.23. The van der Waals surface area contributed by atoms with Crippen LogP contribution in [-0.2, 0) is 32.4 Å². The highest BCUT2D eigenvalue weighted by molar-refractivity contribution is 7.88. The second-order valence-electron chi connectivity index (χ2n) is 7.42. The van der Waals surface area contributed by atoms with Crippen molar-refractivity contribution in [2.45, 2.75) is 51.5 Å². The highest BCUT2D eigenvalue weighted by Crippen LogP contribution is 2.40. The summed E-state index contributed by atoms with van der Waals surface area (Å²) in [5, 5.41) is 3.32. The van der Waals surface area contributed by atoms with Gasteiger partial charge in [0.05, 0.1) is 18.9 Å². The predicted octanol–water partition coefficient (Wildman–Crippen LogP) is 2.41. The van der Waals surface area contributed by atoms with E-state index in [0.717, 1.165) is 48.8 Å². The third-order valence-corrected chi connectivity index (χ3v) is 7.78. The summed E-state index contributed by atoms with van der Waals surface area (Å²) in [5.74, 6) is -0.304. The van der Waals surface area contributed by atoms with Crippen LogP contribution in [0, 0.1) is 5.92 Å². The van der Waals surface area contributed by atoms with E-state index >= 15 is 0 Å². The van der Waals surface area contributed by atoms with Gasteiger partial charge in [-0.2, -0.15) is 4.31 Å². The number of thiophene rings is 1. The number of hydrogen-bond donors (Lipinski definition) is 1. The first-order chi connectivity index (χ1) is 12.7. The van der Waals surface area contributed by atoms with Crippen LogP contribution in [0.3, 0.4) is 0 Å². The summed E-state index contributed by atoms with van der Waals surface area (Å²) in [5.41, 5.74) is 1.39. The highest BCUT2D eigenvalue weighted by Gasteiger charge is 2.36. The molecule has 1 N–H and O–H groups in total. The maximum absolute atomic E-state index is 12.9. The monoisotopic (exact) mass is 414 g/mol. The van der Waals surface area contributed by atoms with Gasteiger partial charge in [-0.25, -0.2) is 13.2 Å². The van der Waals surface area contributed by atoms with E-state index in [0.29, 0.717) is 29.4 Å². The number of esters is 1. The average molecular weight is 415 g/mol. The Morgan fingerprint density at radius 3 is 2.67 bits per heavy atom. The molecule has 2 aliphatic rings. The van der Waals surface area contributed by atoms with Gasteiger partial charge in [0.1, 0.15) is 11.0 Å². The molecule has 7 nitrogen and oxygen atoms in total. The second kappa shape index (κ2) is 7.89. The Morgan fingerprint density at radius 1 is 1.26 bits per heavy atom. The van der Waals surface area contributed by atoms with Crippen LogP contribution < -0.4 is 5.32 Å². The molecule has 2 atom stereocenters. The minimum atomic E-state index is -3.47. The van der Waals surface area contributed by atoms with E-state index in [1.165, 1.54) is 22.8 Å². The molecular formula is C18H26N2O5S2. The van der Waals surface area contributed by atoms with E-state index in [1.54, 1.807) is 0 Å². The number of piperidine rings is 1. The Morgan fingerprint density at radius 2 is 2.00 bits per heavy atom. The SMILES string of the molecule is COC(=O)c1c(NC(=O)[C@H]2CCCCN2S(C)(=O)=O)sc2c1CC[C@@H](C)C2. The van der Waals surface area contributed by atoms with Gasteiger partial charge in [-0.3, -0.25) is 4.79 Å². The molecule has 1 aliphatic carbocycles. The fourth-order valence-corrected chi connectivity index (χ4v) is 6.44. The van der Waals surface area contributed by atoms with Crippen molar-refractivity contribution in [2.24, 2.45) is 5.92 Å². The summed E-state index contributed by atoms with van der Waals surface area (Å²) in [4.78, 5) is 26.4. The van der Waals surface area contributed by atoms with Gasteiger partial charge in [0, 0.05) is 11.4 Å². The van der Waals surface area contributed by atoms with Crippen molar-refractivity contribution in [2.75, 3.05) is 25.2 Å². The van der Waals surface area contributed by atoms with Gasteiger partial charge in [-0.1, -0.05) is 13.3 Å². The standard InChI is InChI=1S/C18H26N2O5S2/c1-11-7-8-12-14(10-11)26-17(15(12)18(22)25-2)19-16(21)13-6-4-5-9-20(13)27(3,23)24/h11,13H,4-10H2,1-3H3,(H,19,21)/t11-,13-/m1/s1. The van der Waals surface area contributed by atoms with E-state index in [1.807, 2.05) is 0 Å². The van der Waals surface area contributed by atoms with Gasteiger partial charge < -0.3 is 10.1 Å². The molecule has 1 aromatic heterocycles. The average Bonchev–Trinajstić information content (AvgIpc) is 2.97. The van der Waals surface area contributed by atoms with Gasteiger partial charge in [0.25, 0.3) is 0 Å². The number of hydrogen-bond acceptors (Lipinski definition) is 6. The molecule has 1 saturated heterocycles. The van der Waals surface area contributed by atoms with Gasteiger partial charge in [-0.05, 0) is 43.6 Å². The van der Waals surface area contributed by atoms with Crippen LogP contribution in [0.2, 0.25) is 0 Å². The Kier molecular flexibility index (Phi) is 5.93. The van der Waals surface area contributed by atoms with Crippen LogP contribution in [0.25, 0.3) is 0 Å². The largest absolute Gasteiger partial charge is 0.465 e. The fourth-order valence-electron chi connectivity index (χ4n) is 3.92. The molecule has 1 aliphatic heterocycles. The van der Waals surface area contributed by atoms with Crippen LogP contribution >= 0.6 is 11.3 Å². The van der Waals surface area contributed by atoms with Gasteiger partial charge in [0.2, 0.25) is 15.9 Å².